The van der Waals surface area contributed by atoms with Gasteiger partial charge in [0.2, 0.25) is 0 Å². The summed E-state index contributed by atoms with van der Waals surface area (Å²) in [6.07, 6.45) is 1.84. The molecule has 0 saturated carbocycles. The van der Waals surface area contributed by atoms with E-state index in [1.165, 1.54) is 0 Å². The molecule has 13 heavy (non-hydrogen) atoms. The van der Waals surface area contributed by atoms with Gasteiger partial charge in [0, 0.05) is 13.0 Å². The van der Waals surface area contributed by atoms with Crippen molar-refractivity contribution in [2.75, 3.05) is 19.8 Å². The van der Waals surface area contributed by atoms with Crippen molar-refractivity contribution in [3.05, 3.63) is 23.7 Å². The van der Waals surface area contributed by atoms with E-state index in [0.29, 0.717) is 13.2 Å². The second-order valence-corrected chi connectivity index (χ2v) is 2.95. The van der Waals surface area contributed by atoms with Crippen LogP contribution in [0.25, 0.3) is 0 Å². The van der Waals surface area contributed by atoms with Gasteiger partial charge in [0.1, 0.15) is 11.5 Å². The molecule has 0 fully saturated rings. The summed E-state index contributed by atoms with van der Waals surface area (Å²) in [5.41, 5.74) is 0. The Bertz CT molecular complexity index is 230. The first-order valence-electron chi connectivity index (χ1n) is 4.57. The fraction of sp³-hybridized carbons (Fsp3) is 0.600. The first-order chi connectivity index (χ1) is 6.33. The number of aliphatic hydroxyl groups excluding tert-OH is 1. The largest absolute Gasteiger partial charge is 0.466 e. The van der Waals surface area contributed by atoms with Crippen LogP contribution in [0.1, 0.15) is 17.9 Å². The minimum Gasteiger partial charge on any atom is -0.466 e. The highest BCUT2D eigenvalue weighted by Gasteiger charge is 1.97. The van der Waals surface area contributed by atoms with E-state index >= 15 is 0 Å². The van der Waals surface area contributed by atoms with Gasteiger partial charge in [-0.15, -0.1) is 0 Å². The molecule has 1 aromatic rings. The van der Waals surface area contributed by atoms with E-state index < -0.39 is 0 Å². The molecule has 0 aliphatic carbocycles. The third-order valence-corrected chi connectivity index (χ3v) is 1.74. The highest BCUT2D eigenvalue weighted by atomic mass is 16.5. The molecule has 0 bridgehead atoms. The minimum absolute atomic E-state index is 0.0971. The van der Waals surface area contributed by atoms with Crippen molar-refractivity contribution in [1.29, 1.82) is 0 Å². The second-order valence-electron chi connectivity index (χ2n) is 2.95. The van der Waals surface area contributed by atoms with Gasteiger partial charge in [0.25, 0.3) is 0 Å². The average Bonchev–Trinajstić information content (AvgIpc) is 2.51. The van der Waals surface area contributed by atoms with Crippen LogP contribution in [0, 0.1) is 6.92 Å². The van der Waals surface area contributed by atoms with E-state index in [1.54, 1.807) is 0 Å². The maximum atomic E-state index is 8.44. The summed E-state index contributed by atoms with van der Waals surface area (Å²) in [7, 11) is 0. The van der Waals surface area contributed by atoms with Crippen molar-refractivity contribution < 1.29 is 14.3 Å². The Hall–Kier alpha value is -0.800. The summed E-state index contributed by atoms with van der Waals surface area (Å²) in [4.78, 5) is 0. The molecule has 1 N–H and O–H groups in total. The lowest BCUT2D eigenvalue weighted by atomic mass is 10.2. The highest BCUT2D eigenvalue weighted by molar-refractivity contribution is 5.05. The van der Waals surface area contributed by atoms with Gasteiger partial charge in [-0.1, -0.05) is 0 Å². The van der Waals surface area contributed by atoms with Crippen molar-refractivity contribution in [1.82, 2.24) is 0 Å². The maximum absolute atomic E-state index is 8.44. The molecule has 0 aliphatic rings. The Morgan fingerprint density at radius 2 is 2.23 bits per heavy atom. The van der Waals surface area contributed by atoms with Crippen molar-refractivity contribution in [2.45, 2.75) is 19.8 Å². The van der Waals surface area contributed by atoms with Gasteiger partial charge >= 0.3 is 0 Å². The molecule has 0 atom stereocenters. The molecule has 0 saturated heterocycles. The minimum atomic E-state index is 0.0971. The van der Waals surface area contributed by atoms with Gasteiger partial charge in [-0.3, -0.25) is 0 Å². The van der Waals surface area contributed by atoms with E-state index in [4.69, 9.17) is 14.3 Å². The Balaban J connectivity index is 2.06. The first-order valence-corrected chi connectivity index (χ1v) is 4.57. The van der Waals surface area contributed by atoms with E-state index in [9.17, 15) is 0 Å². The predicted octanol–water partition coefficient (Wildman–Crippen LogP) is 1.53. The number of ether oxygens (including phenoxy) is 1. The number of hydrogen-bond donors (Lipinski definition) is 1. The van der Waals surface area contributed by atoms with Crippen LogP contribution in [0.4, 0.5) is 0 Å². The van der Waals surface area contributed by atoms with Crippen molar-refractivity contribution >= 4 is 0 Å². The molecule has 1 rings (SSSR count). The normalized spacial score (nSPS) is 10.6. The zero-order valence-corrected chi connectivity index (χ0v) is 7.95. The van der Waals surface area contributed by atoms with Crippen LogP contribution in [0.3, 0.4) is 0 Å². The Morgan fingerprint density at radius 3 is 2.85 bits per heavy atom. The standard InChI is InChI=1S/C10H16O3/c1-9-4-5-10(13-9)3-2-7-12-8-6-11/h4-5,11H,2-3,6-8H2,1H3. The summed E-state index contributed by atoms with van der Waals surface area (Å²) in [6, 6.07) is 3.95. The van der Waals surface area contributed by atoms with E-state index in [0.717, 1.165) is 24.4 Å². The topological polar surface area (TPSA) is 42.6 Å². The van der Waals surface area contributed by atoms with Gasteiger partial charge in [-0.2, -0.15) is 0 Å². The zero-order chi connectivity index (χ0) is 9.52. The zero-order valence-electron chi connectivity index (χ0n) is 7.95. The van der Waals surface area contributed by atoms with Gasteiger partial charge in [0.05, 0.1) is 13.2 Å². The van der Waals surface area contributed by atoms with Gasteiger partial charge < -0.3 is 14.3 Å². The summed E-state index contributed by atoms with van der Waals surface area (Å²) < 4.78 is 10.5. The fourth-order valence-electron chi connectivity index (χ4n) is 1.13. The monoisotopic (exact) mass is 184 g/mol. The third-order valence-electron chi connectivity index (χ3n) is 1.74. The number of aryl methyl sites for hydroxylation is 2. The van der Waals surface area contributed by atoms with Crippen LogP contribution in [0.2, 0.25) is 0 Å². The summed E-state index contributed by atoms with van der Waals surface area (Å²) in [5, 5.41) is 8.44. The van der Waals surface area contributed by atoms with Crippen LogP contribution in [-0.2, 0) is 11.2 Å². The molecule has 0 unspecified atom stereocenters. The molecule has 3 heteroatoms. The SMILES string of the molecule is Cc1ccc(CCCOCCO)o1. The summed E-state index contributed by atoms with van der Waals surface area (Å²) >= 11 is 0. The number of hydrogen-bond acceptors (Lipinski definition) is 3. The number of rotatable bonds is 6. The Morgan fingerprint density at radius 1 is 1.38 bits per heavy atom. The van der Waals surface area contributed by atoms with Gasteiger partial charge in [0.15, 0.2) is 0 Å². The Kier molecular flexibility index (Phi) is 4.57. The average molecular weight is 184 g/mol. The molecule has 0 aromatic carbocycles. The number of furan rings is 1. The van der Waals surface area contributed by atoms with Crippen molar-refractivity contribution in [3.63, 3.8) is 0 Å². The van der Waals surface area contributed by atoms with Crippen LogP contribution in [0.5, 0.6) is 0 Å². The van der Waals surface area contributed by atoms with Crippen LogP contribution < -0.4 is 0 Å². The maximum Gasteiger partial charge on any atom is 0.104 e. The molecule has 1 heterocycles. The molecular weight excluding hydrogens is 168 g/mol. The van der Waals surface area contributed by atoms with Crippen LogP contribution in [0.15, 0.2) is 16.5 Å². The molecule has 0 aliphatic heterocycles. The predicted molar refractivity (Wildman–Crippen MR) is 49.7 cm³/mol. The smallest absolute Gasteiger partial charge is 0.104 e. The number of aliphatic hydroxyl groups is 1. The molecule has 3 nitrogen and oxygen atoms in total. The first kappa shape index (κ1) is 10.3. The third kappa shape index (κ3) is 4.10. The quantitative estimate of drug-likeness (QED) is 0.682. The van der Waals surface area contributed by atoms with E-state index in [2.05, 4.69) is 0 Å². The van der Waals surface area contributed by atoms with Crippen LogP contribution >= 0.6 is 0 Å². The highest BCUT2D eigenvalue weighted by Crippen LogP contribution is 2.08. The summed E-state index contributed by atoms with van der Waals surface area (Å²) in [6.45, 7) is 3.14. The molecule has 0 amide bonds. The van der Waals surface area contributed by atoms with Gasteiger partial charge in [-0.25, -0.2) is 0 Å². The molecular formula is C10H16O3. The van der Waals surface area contributed by atoms with E-state index in [-0.39, 0.29) is 6.61 Å². The lowest BCUT2D eigenvalue weighted by molar-refractivity contribution is 0.0902. The fourth-order valence-corrected chi connectivity index (χ4v) is 1.13. The van der Waals surface area contributed by atoms with Crippen molar-refractivity contribution in [2.24, 2.45) is 0 Å². The lowest BCUT2D eigenvalue weighted by Gasteiger charge is -1.99. The second kappa shape index (κ2) is 5.78. The lowest BCUT2D eigenvalue weighted by Crippen LogP contribution is -2.01. The molecule has 0 radical (unpaired) electrons. The van der Waals surface area contributed by atoms with Crippen molar-refractivity contribution in [3.8, 4) is 0 Å². The van der Waals surface area contributed by atoms with Gasteiger partial charge in [-0.05, 0) is 25.5 Å². The molecule has 0 spiro atoms. The molecule has 1 aromatic heterocycles. The molecule has 74 valence electrons. The summed E-state index contributed by atoms with van der Waals surface area (Å²) in [5.74, 6) is 1.95. The van der Waals surface area contributed by atoms with E-state index in [1.807, 2.05) is 19.1 Å². The van der Waals surface area contributed by atoms with Crippen LogP contribution in [-0.4, -0.2) is 24.9 Å². The Labute approximate surface area is 78.3 Å².